The van der Waals surface area contributed by atoms with E-state index in [0.29, 0.717) is 22.8 Å². The van der Waals surface area contributed by atoms with Crippen LogP contribution in [0.5, 0.6) is 0 Å². The molecule has 0 spiro atoms. The summed E-state index contributed by atoms with van der Waals surface area (Å²) >= 11 is 1.88. The number of carbonyl (C=O) groups excluding carboxylic acids is 1. The number of benzene rings is 1. The predicted octanol–water partition coefficient (Wildman–Crippen LogP) is 3.50. The van der Waals surface area contributed by atoms with Crippen molar-refractivity contribution in [3.63, 3.8) is 0 Å². The molecule has 24 heavy (non-hydrogen) atoms. The van der Waals surface area contributed by atoms with Crippen molar-refractivity contribution in [2.45, 2.75) is 30.4 Å². The summed E-state index contributed by atoms with van der Waals surface area (Å²) in [4.78, 5) is 18.1. The van der Waals surface area contributed by atoms with Gasteiger partial charge in [-0.2, -0.15) is 0 Å². The molecule has 9 heteroatoms. The fourth-order valence-electron chi connectivity index (χ4n) is 3.58. The van der Waals surface area contributed by atoms with Crippen LogP contribution >= 0.6 is 11.8 Å². The molecule has 1 amide bonds. The maximum Gasteiger partial charge on any atom is 0.414 e. The van der Waals surface area contributed by atoms with Crippen molar-refractivity contribution in [3.05, 3.63) is 34.5 Å². The highest BCUT2D eigenvalue weighted by atomic mass is 32.2. The van der Waals surface area contributed by atoms with Crippen molar-refractivity contribution in [1.29, 1.82) is 0 Å². The number of carbonyl (C=O) groups is 1. The third-order valence-electron chi connectivity index (χ3n) is 4.68. The van der Waals surface area contributed by atoms with Crippen LogP contribution in [0.25, 0.3) is 10.4 Å². The Hall–Kier alpha value is -2.12. The molecule has 0 aliphatic carbocycles. The van der Waals surface area contributed by atoms with Crippen molar-refractivity contribution in [2.75, 3.05) is 28.6 Å². The molecule has 3 heterocycles. The second kappa shape index (κ2) is 6.07. The third-order valence-corrected chi connectivity index (χ3v) is 6.10. The van der Waals surface area contributed by atoms with Gasteiger partial charge < -0.3 is 9.64 Å². The minimum Gasteiger partial charge on any atom is -0.444 e. The van der Waals surface area contributed by atoms with E-state index < -0.39 is 12.2 Å². The van der Waals surface area contributed by atoms with E-state index in [-0.39, 0.29) is 18.9 Å². The minimum atomic E-state index is -0.544. The highest BCUT2D eigenvalue weighted by Gasteiger charge is 2.41. The molecule has 0 radical (unpaired) electrons. The van der Waals surface area contributed by atoms with Crippen LogP contribution in [-0.4, -0.2) is 42.5 Å². The monoisotopic (exact) mass is 349 g/mol. The van der Waals surface area contributed by atoms with Crippen LogP contribution in [0.2, 0.25) is 0 Å². The second-order valence-electron chi connectivity index (χ2n) is 6.09. The molecule has 3 saturated heterocycles. The predicted molar refractivity (Wildman–Crippen MR) is 89.8 cm³/mol. The number of nitrogens with zero attached hydrogens (tertiary/aromatic N) is 5. The smallest absolute Gasteiger partial charge is 0.414 e. The van der Waals surface area contributed by atoms with Gasteiger partial charge in [0.1, 0.15) is 11.9 Å². The highest BCUT2D eigenvalue weighted by molar-refractivity contribution is 8.00. The molecule has 3 atom stereocenters. The van der Waals surface area contributed by atoms with Crippen LogP contribution in [-0.2, 0) is 4.74 Å². The van der Waals surface area contributed by atoms with Gasteiger partial charge in [0.2, 0.25) is 0 Å². The quantitative estimate of drug-likeness (QED) is 0.473. The van der Waals surface area contributed by atoms with Gasteiger partial charge in [-0.1, -0.05) is 5.11 Å². The molecular weight excluding hydrogens is 333 g/mol. The molecule has 3 aliphatic rings. The maximum atomic E-state index is 14.7. The molecule has 2 unspecified atom stereocenters. The number of hydrogen-bond donors (Lipinski definition) is 0. The van der Waals surface area contributed by atoms with Crippen molar-refractivity contribution >= 4 is 29.2 Å². The first kappa shape index (κ1) is 15.4. The molecule has 0 N–H and O–H groups in total. The summed E-state index contributed by atoms with van der Waals surface area (Å²) in [6, 6.07) is 5.29. The van der Waals surface area contributed by atoms with Gasteiger partial charge in [-0.15, -0.1) is 11.8 Å². The topological polar surface area (TPSA) is 81.5 Å². The summed E-state index contributed by atoms with van der Waals surface area (Å²) in [5, 5.41) is 3.78. The largest absolute Gasteiger partial charge is 0.444 e. The first-order valence-electron chi connectivity index (χ1n) is 7.86. The van der Waals surface area contributed by atoms with Crippen LogP contribution in [0.15, 0.2) is 23.3 Å². The van der Waals surface area contributed by atoms with Crippen molar-refractivity contribution in [3.8, 4) is 0 Å². The van der Waals surface area contributed by atoms with Gasteiger partial charge in [-0.05, 0) is 36.6 Å². The molecule has 7 nitrogen and oxygen atoms in total. The molecule has 3 fully saturated rings. The summed E-state index contributed by atoms with van der Waals surface area (Å²) < 4.78 is 19.8. The van der Waals surface area contributed by atoms with Gasteiger partial charge in [-0.25, -0.2) is 9.18 Å². The molecular formula is C15H16FN5O2S. The van der Waals surface area contributed by atoms with Gasteiger partial charge in [0, 0.05) is 16.7 Å². The lowest BCUT2D eigenvalue weighted by atomic mass is 10.2. The number of azide groups is 1. The molecule has 1 aromatic rings. The zero-order valence-corrected chi connectivity index (χ0v) is 13.7. The average Bonchev–Trinajstić information content (AvgIpc) is 3.27. The average molecular weight is 349 g/mol. The Morgan fingerprint density at radius 1 is 1.46 bits per heavy atom. The molecule has 1 aromatic carbocycles. The van der Waals surface area contributed by atoms with E-state index in [9.17, 15) is 9.18 Å². The van der Waals surface area contributed by atoms with Crippen molar-refractivity contribution in [1.82, 2.24) is 0 Å². The van der Waals surface area contributed by atoms with E-state index in [1.807, 2.05) is 11.8 Å². The van der Waals surface area contributed by atoms with Gasteiger partial charge in [-0.3, -0.25) is 4.90 Å². The van der Waals surface area contributed by atoms with Crippen LogP contribution in [0, 0.1) is 5.82 Å². The highest BCUT2D eigenvalue weighted by Crippen LogP contribution is 2.45. The van der Waals surface area contributed by atoms with Crippen molar-refractivity contribution < 1.29 is 13.9 Å². The number of anilines is 2. The normalized spacial score (nSPS) is 28.2. The summed E-state index contributed by atoms with van der Waals surface area (Å²) in [6.45, 7) is 0.328. The lowest BCUT2D eigenvalue weighted by Gasteiger charge is -2.25. The summed E-state index contributed by atoms with van der Waals surface area (Å²) in [7, 11) is 0. The molecule has 126 valence electrons. The van der Waals surface area contributed by atoms with E-state index >= 15 is 0 Å². The SMILES string of the molecule is [N-]=[N+]=NC[C@H]1CN(c2ccc(N3C4CCC3SC4)c(F)c2)C(=O)O1. The number of thioether (sulfide) groups is 1. The maximum absolute atomic E-state index is 14.7. The van der Waals surface area contributed by atoms with Crippen molar-refractivity contribution in [2.24, 2.45) is 5.11 Å². The number of halogens is 1. The Morgan fingerprint density at radius 3 is 2.96 bits per heavy atom. The standard InChI is InChI=1S/C15H16FN5O2S/c16-12-5-9(20-7-11(6-18-19-17)23-15(20)22)1-3-13(12)21-10-2-4-14(21)24-8-10/h1,3,5,10-11,14H,2,4,6-8H2/t10?,11-,14?/m0/s1. The number of hydrogen-bond acceptors (Lipinski definition) is 5. The van der Waals surface area contributed by atoms with E-state index in [4.69, 9.17) is 10.3 Å². The van der Waals surface area contributed by atoms with E-state index in [0.717, 1.165) is 18.6 Å². The molecule has 3 aliphatic heterocycles. The lowest BCUT2D eigenvalue weighted by Crippen LogP contribution is -2.30. The fraction of sp³-hybridized carbons (Fsp3) is 0.533. The lowest BCUT2D eigenvalue weighted by molar-refractivity contribution is 0.145. The van der Waals surface area contributed by atoms with E-state index in [2.05, 4.69) is 14.9 Å². The number of cyclic esters (lactones) is 1. The number of fused-ring (bicyclic) bond motifs is 2. The molecule has 0 saturated carbocycles. The summed E-state index contributed by atoms with van der Waals surface area (Å²) in [5.41, 5.74) is 9.41. The van der Waals surface area contributed by atoms with Crippen LogP contribution in [0.3, 0.4) is 0 Å². The third kappa shape index (κ3) is 2.53. The number of ether oxygens (including phenoxy) is 1. The van der Waals surface area contributed by atoms with E-state index in [1.165, 1.54) is 11.0 Å². The van der Waals surface area contributed by atoms with Gasteiger partial charge >= 0.3 is 6.09 Å². The van der Waals surface area contributed by atoms with Gasteiger partial charge in [0.25, 0.3) is 0 Å². The number of rotatable bonds is 4. The van der Waals surface area contributed by atoms with Gasteiger partial charge in [0.15, 0.2) is 0 Å². The molecule has 2 bridgehead atoms. The van der Waals surface area contributed by atoms with Crippen LogP contribution in [0.4, 0.5) is 20.6 Å². The summed E-state index contributed by atoms with van der Waals surface area (Å²) in [6.07, 6.45) is 1.16. The Labute approximate surface area is 142 Å². The fourth-order valence-corrected chi connectivity index (χ4v) is 5.10. The van der Waals surface area contributed by atoms with E-state index in [1.54, 1.807) is 12.1 Å². The van der Waals surface area contributed by atoms with Crippen LogP contribution in [0.1, 0.15) is 12.8 Å². The first-order chi connectivity index (χ1) is 11.7. The zero-order valence-electron chi connectivity index (χ0n) is 12.8. The molecule has 4 rings (SSSR count). The molecule has 0 aromatic heterocycles. The minimum absolute atomic E-state index is 0.0771. The Kier molecular flexibility index (Phi) is 3.90. The number of amides is 1. The first-order valence-corrected chi connectivity index (χ1v) is 8.91. The van der Waals surface area contributed by atoms with Crippen LogP contribution < -0.4 is 9.80 Å². The van der Waals surface area contributed by atoms with Gasteiger partial charge in [0.05, 0.1) is 29.8 Å². The Bertz CT molecular complexity index is 706. The Morgan fingerprint density at radius 2 is 2.33 bits per heavy atom. The second-order valence-corrected chi connectivity index (χ2v) is 7.30. The zero-order chi connectivity index (χ0) is 16.7. The summed E-state index contributed by atoms with van der Waals surface area (Å²) in [5.74, 6) is 0.726. The Balaban J connectivity index is 1.54.